The van der Waals surface area contributed by atoms with Gasteiger partial charge in [0, 0.05) is 24.7 Å². The van der Waals surface area contributed by atoms with Gasteiger partial charge in [0.25, 0.3) is 0 Å². The highest BCUT2D eigenvalue weighted by Crippen LogP contribution is 2.32. The number of carbonyl (C=O) groups excluding carboxylic acids is 2. The molecule has 0 saturated carbocycles. The minimum absolute atomic E-state index is 0.0140. The Morgan fingerprint density at radius 3 is 2.69 bits per heavy atom. The number of hydrogen-bond acceptors (Lipinski definition) is 4. The van der Waals surface area contributed by atoms with Gasteiger partial charge in [-0.3, -0.25) is 19.7 Å². The van der Waals surface area contributed by atoms with E-state index >= 15 is 0 Å². The van der Waals surface area contributed by atoms with E-state index in [1.54, 1.807) is 0 Å². The van der Waals surface area contributed by atoms with Crippen molar-refractivity contribution in [3.05, 3.63) is 63.5 Å². The van der Waals surface area contributed by atoms with E-state index < -0.39 is 22.3 Å². The molecule has 1 aliphatic heterocycles. The van der Waals surface area contributed by atoms with Crippen molar-refractivity contribution in [1.29, 1.82) is 0 Å². The lowest BCUT2D eigenvalue weighted by Gasteiger charge is -2.19. The molecule has 0 radical (unpaired) electrons. The Morgan fingerprint density at radius 1 is 1.31 bits per heavy atom. The summed E-state index contributed by atoms with van der Waals surface area (Å²) in [5, 5.41) is 13.9. The van der Waals surface area contributed by atoms with Gasteiger partial charge in [-0.25, -0.2) is 0 Å². The second-order valence-corrected chi connectivity index (χ2v) is 7.48. The van der Waals surface area contributed by atoms with Crippen LogP contribution in [0.5, 0.6) is 0 Å². The monoisotopic (exact) mass is 399 g/mol. The van der Waals surface area contributed by atoms with E-state index in [0.29, 0.717) is 0 Å². The first-order valence-corrected chi connectivity index (χ1v) is 9.33. The van der Waals surface area contributed by atoms with Crippen molar-refractivity contribution in [3.63, 3.8) is 0 Å². The van der Waals surface area contributed by atoms with Crippen LogP contribution in [0.2, 0.25) is 0 Å². The van der Waals surface area contributed by atoms with Gasteiger partial charge >= 0.3 is 5.69 Å². The fraction of sp³-hybridized carbons (Fsp3) is 0.333. The number of nitro groups is 1. The fourth-order valence-electron chi connectivity index (χ4n) is 3.51. The average molecular weight is 399 g/mol. The lowest BCUT2D eigenvalue weighted by atomic mass is 9.97. The van der Waals surface area contributed by atoms with E-state index in [9.17, 15) is 24.1 Å². The third kappa shape index (κ3) is 4.11. The molecule has 0 spiro atoms. The zero-order valence-electron chi connectivity index (χ0n) is 16.4. The number of nitro benzene ring substituents is 1. The summed E-state index contributed by atoms with van der Waals surface area (Å²) < 4.78 is 13.6. The van der Waals surface area contributed by atoms with Crippen LogP contribution in [-0.4, -0.2) is 23.3 Å². The highest BCUT2D eigenvalue weighted by molar-refractivity contribution is 6.04. The van der Waals surface area contributed by atoms with Crippen molar-refractivity contribution in [2.45, 2.75) is 33.1 Å². The number of nitrogens with one attached hydrogen (secondary N) is 1. The summed E-state index contributed by atoms with van der Waals surface area (Å²) in [7, 11) is 0. The number of nitrogens with zero attached hydrogens (tertiary/aromatic N) is 2. The van der Waals surface area contributed by atoms with Crippen LogP contribution in [0.1, 0.15) is 37.3 Å². The molecule has 7 nitrogen and oxygen atoms in total. The number of amides is 2. The smallest absolute Gasteiger partial charge is 0.306 e. The first-order chi connectivity index (χ1) is 13.7. The quantitative estimate of drug-likeness (QED) is 0.604. The molecule has 1 heterocycles. The van der Waals surface area contributed by atoms with Crippen LogP contribution >= 0.6 is 0 Å². The molecule has 2 aromatic rings. The van der Waals surface area contributed by atoms with Crippen molar-refractivity contribution in [2.24, 2.45) is 5.92 Å². The highest BCUT2D eigenvalue weighted by atomic mass is 19.1. The van der Waals surface area contributed by atoms with Crippen molar-refractivity contribution in [3.8, 4) is 0 Å². The fourth-order valence-corrected chi connectivity index (χ4v) is 3.51. The maximum absolute atomic E-state index is 13.6. The Balaban J connectivity index is 1.80. The number of halogens is 1. The van der Waals surface area contributed by atoms with Crippen LogP contribution < -0.4 is 10.2 Å². The predicted molar refractivity (Wildman–Crippen MR) is 107 cm³/mol. The van der Waals surface area contributed by atoms with Crippen LogP contribution in [-0.2, 0) is 9.59 Å². The van der Waals surface area contributed by atoms with Crippen LogP contribution in [0.4, 0.5) is 21.5 Å². The number of aryl methyl sites for hydroxylation is 1. The molecular formula is C21H22FN3O4. The number of carbonyl (C=O) groups is 2. The molecule has 1 unspecified atom stereocenters. The number of rotatable bonds is 5. The molecular weight excluding hydrogens is 377 g/mol. The molecule has 152 valence electrons. The van der Waals surface area contributed by atoms with Gasteiger partial charge in [0.2, 0.25) is 17.6 Å². The van der Waals surface area contributed by atoms with Gasteiger partial charge in [-0.2, -0.15) is 4.39 Å². The van der Waals surface area contributed by atoms with E-state index in [4.69, 9.17) is 0 Å². The van der Waals surface area contributed by atoms with Gasteiger partial charge in [0.05, 0.1) is 16.5 Å². The zero-order chi connectivity index (χ0) is 21.3. The van der Waals surface area contributed by atoms with Crippen molar-refractivity contribution in [2.75, 3.05) is 16.8 Å². The van der Waals surface area contributed by atoms with Crippen molar-refractivity contribution in [1.82, 2.24) is 0 Å². The van der Waals surface area contributed by atoms with Gasteiger partial charge < -0.3 is 10.2 Å². The molecule has 2 amide bonds. The summed E-state index contributed by atoms with van der Waals surface area (Å²) in [6, 6.07) is 9.08. The topological polar surface area (TPSA) is 92.6 Å². The lowest BCUT2D eigenvalue weighted by molar-refractivity contribution is -0.387. The SMILES string of the molecule is Cc1cccc(C(C)C)c1NC(=O)C1CC(=O)N(c2ccc(F)c([N+](=O)[O-])c2)C1. The normalized spacial score (nSPS) is 16.4. The third-order valence-corrected chi connectivity index (χ3v) is 5.11. The van der Waals surface area contributed by atoms with E-state index in [1.165, 1.54) is 11.0 Å². The summed E-state index contributed by atoms with van der Waals surface area (Å²) >= 11 is 0. The van der Waals surface area contributed by atoms with E-state index in [0.717, 1.165) is 28.9 Å². The van der Waals surface area contributed by atoms with E-state index in [-0.39, 0.29) is 36.4 Å². The van der Waals surface area contributed by atoms with Gasteiger partial charge in [0.1, 0.15) is 0 Å². The number of anilines is 2. The molecule has 8 heteroatoms. The Morgan fingerprint density at radius 2 is 2.03 bits per heavy atom. The van der Waals surface area contributed by atoms with Gasteiger partial charge in [-0.1, -0.05) is 32.0 Å². The van der Waals surface area contributed by atoms with Crippen LogP contribution in [0, 0.1) is 28.8 Å². The first kappa shape index (κ1) is 20.4. The molecule has 0 aromatic heterocycles. The second kappa shape index (κ2) is 7.98. The molecule has 1 atom stereocenters. The number of para-hydroxylation sites is 1. The highest BCUT2D eigenvalue weighted by Gasteiger charge is 2.36. The van der Waals surface area contributed by atoms with Crippen LogP contribution in [0.3, 0.4) is 0 Å². The summed E-state index contributed by atoms with van der Waals surface area (Å²) in [5.74, 6) is -1.98. The second-order valence-electron chi connectivity index (χ2n) is 7.48. The van der Waals surface area contributed by atoms with Gasteiger partial charge in [-0.15, -0.1) is 0 Å². The van der Waals surface area contributed by atoms with Crippen LogP contribution in [0.25, 0.3) is 0 Å². The van der Waals surface area contributed by atoms with E-state index in [2.05, 4.69) is 5.32 Å². The summed E-state index contributed by atoms with van der Waals surface area (Å²) in [6.45, 7) is 6.06. The Kier molecular flexibility index (Phi) is 5.63. The molecule has 1 aliphatic rings. The molecule has 1 saturated heterocycles. The minimum atomic E-state index is -0.972. The van der Waals surface area contributed by atoms with E-state index in [1.807, 2.05) is 39.0 Å². The van der Waals surface area contributed by atoms with Crippen molar-refractivity contribution < 1.29 is 18.9 Å². The standard InChI is InChI=1S/C21H22FN3O4/c1-12(2)16-6-4-5-13(3)20(16)23-21(27)14-9-19(26)24(11-14)15-7-8-17(22)18(10-15)25(28)29/h4-8,10,12,14H,9,11H2,1-3H3,(H,23,27). The largest absolute Gasteiger partial charge is 0.325 e. The summed E-state index contributed by atoms with van der Waals surface area (Å²) in [5.41, 5.74) is 2.19. The summed E-state index contributed by atoms with van der Waals surface area (Å²) in [6.07, 6.45) is -0.0140. The molecule has 0 bridgehead atoms. The molecule has 2 aromatic carbocycles. The third-order valence-electron chi connectivity index (χ3n) is 5.11. The average Bonchev–Trinajstić information content (AvgIpc) is 3.05. The number of benzene rings is 2. The molecule has 1 fully saturated rings. The molecule has 0 aliphatic carbocycles. The van der Waals surface area contributed by atoms with Crippen molar-refractivity contribution >= 4 is 28.9 Å². The predicted octanol–water partition coefficient (Wildman–Crippen LogP) is 4.16. The zero-order valence-corrected chi connectivity index (χ0v) is 16.4. The summed E-state index contributed by atoms with van der Waals surface area (Å²) in [4.78, 5) is 36.7. The first-order valence-electron chi connectivity index (χ1n) is 9.33. The van der Waals surface area contributed by atoms with Gasteiger partial charge in [-0.05, 0) is 36.1 Å². The minimum Gasteiger partial charge on any atom is -0.325 e. The molecule has 29 heavy (non-hydrogen) atoms. The molecule has 1 N–H and O–H groups in total. The van der Waals surface area contributed by atoms with Crippen LogP contribution in [0.15, 0.2) is 36.4 Å². The maximum atomic E-state index is 13.6. The Bertz CT molecular complexity index is 990. The number of hydrogen-bond donors (Lipinski definition) is 1. The van der Waals surface area contributed by atoms with Gasteiger partial charge in [0.15, 0.2) is 0 Å². The molecule has 3 rings (SSSR count). The maximum Gasteiger partial charge on any atom is 0.306 e. The lowest BCUT2D eigenvalue weighted by Crippen LogP contribution is -2.28. The Hall–Kier alpha value is -3.29. The Labute approximate surface area is 167 Å².